The van der Waals surface area contributed by atoms with Gasteiger partial charge in [-0.1, -0.05) is 43.2 Å². The van der Waals surface area contributed by atoms with E-state index in [1.54, 1.807) is 0 Å². The fraction of sp³-hybridized carbons (Fsp3) is 0.571. The zero-order valence-corrected chi connectivity index (χ0v) is 9.23. The van der Waals surface area contributed by atoms with Crippen LogP contribution < -0.4 is 0 Å². The van der Waals surface area contributed by atoms with Gasteiger partial charge in [0.2, 0.25) is 0 Å². The molecule has 1 fully saturated rings. The van der Waals surface area contributed by atoms with E-state index >= 15 is 0 Å². The molecule has 1 saturated carbocycles. The summed E-state index contributed by atoms with van der Waals surface area (Å²) in [4.78, 5) is 0. The topological polar surface area (TPSA) is 20.2 Å². The molecule has 1 unspecified atom stereocenters. The minimum Gasteiger partial charge on any atom is -0.393 e. The van der Waals surface area contributed by atoms with Crippen LogP contribution in [0.25, 0.3) is 0 Å². The Hall–Kier alpha value is -0.820. The molecule has 0 amide bonds. The Morgan fingerprint density at radius 2 is 1.87 bits per heavy atom. The molecule has 0 aliphatic heterocycles. The highest BCUT2D eigenvalue weighted by molar-refractivity contribution is 5.14. The quantitative estimate of drug-likeness (QED) is 0.754. The van der Waals surface area contributed by atoms with Crippen LogP contribution >= 0.6 is 0 Å². The fourth-order valence-electron chi connectivity index (χ4n) is 1.96. The lowest BCUT2D eigenvalue weighted by Gasteiger charge is -2.09. The molecule has 15 heavy (non-hydrogen) atoms. The second kappa shape index (κ2) is 5.32. The van der Waals surface area contributed by atoms with Gasteiger partial charge in [-0.2, -0.15) is 0 Å². The summed E-state index contributed by atoms with van der Waals surface area (Å²) in [7, 11) is 0. The molecule has 1 atom stereocenters. The monoisotopic (exact) mass is 204 g/mol. The second-order valence-electron chi connectivity index (χ2n) is 4.70. The molecule has 1 N–H and O–H groups in total. The second-order valence-corrected chi connectivity index (χ2v) is 4.70. The summed E-state index contributed by atoms with van der Waals surface area (Å²) in [5.41, 5.74) is 1.34. The molecule has 1 heteroatoms. The largest absolute Gasteiger partial charge is 0.393 e. The Kier molecular flexibility index (Phi) is 3.79. The lowest BCUT2D eigenvalue weighted by Crippen LogP contribution is -2.08. The van der Waals surface area contributed by atoms with E-state index in [1.165, 1.54) is 24.8 Å². The van der Waals surface area contributed by atoms with Crippen molar-refractivity contribution in [2.24, 2.45) is 5.92 Å². The molecule has 0 radical (unpaired) electrons. The van der Waals surface area contributed by atoms with Gasteiger partial charge in [0.05, 0.1) is 6.10 Å². The Balaban J connectivity index is 1.63. The van der Waals surface area contributed by atoms with Crippen molar-refractivity contribution in [3.63, 3.8) is 0 Å². The van der Waals surface area contributed by atoms with Crippen LogP contribution in [0, 0.1) is 5.92 Å². The third-order valence-electron chi connectivity index (χ3n) is 3.21. The third kappa shape index (κ3) is 4.05. The molecule has 0 heterocycles. The zero-order chi connectivity index (χ0) is 10.5. The molecule has 0 saturated heterocycles. The van der Waals surface area contributed by atoms with Crippen molar-refractivity contribution >= 4 is 0 Å². The Morgan fingerprint density at radius 1 is 1.13 bits per heavy atom. The van der Waals surface area contributed by atoms with Gasteiger partial charge in [0.15, 0.2) is 0 Å². The SMILES string of the molecule is OC(CCc1ccccc1)CCC1CC1. The number of aliphatic hydroxyl groups excluding tert-OH is 1. The molecule has 0 bridgehead atoms. The van der Waals surface area contributed by atoms with Crippen molar-refractivity contribution in [2.45, 2.75) is 44.6 Å². The number of aryl methyl sites for hydroxylation is 1. The van der Waals surface area contributed by atoms with E-state index in [0.717, 1.165) is 25.2 Å². The predicted molar refractivity (Wildman–Crippen MR) is 62.7 cm³/mol. The van der Waals surface area contributed by atoms with Gasteiger partial charge in [0, 0.05) is 0 Å². The summed E-state index contributed by atoms with van der Waals surface area (Å²) in [6.45, 7) is 0. The van der Waals surface area contributed by atoms with Crippen LogP contribution in [0.1, 0.15) is 37.7 Å². The van der Waals surface area contributed by atoms with Gasteiger partial charge >= 0.3 is 0 Å². The van der Waals surface area contributed by atoms with Crippen LogP contribution in [0.5, 0.6) is 0 Å². The van der Waals surface area contributed by atoms with Crippen molar-refractivity contribution in [2.75, 3.05) is 0 Å². The lowest BCUT2D eigenvalue weighted by atomic mass is 10.0. The molecule has 1 aromatic rings. The molecule has 82 valence electrons. The normalized spacial score (nSPS) is 17.7. The van der Waals surface area contributed by atoms with Gasteiger partial charge in [0.1, 0.15) is 0 Å². The molecule has 1 aliphatic rings. The summed E-state index contributed by atoms with van der Waals surface area (Å²) < 4.78 is 0. The van der Waals surface area contributed by atoms with Crippen molar-refractivity contribution in [1.29, 1.82) is 0 Å². The van der Waals surface area contributed by atoms with Crippen molar-refractivity contribution in [3.05, 3.63) is 35.9 Å². The summed E-state index contributed by atoms with van der Waals surface area (Å²) >= 11 is 0. The fourth-order valence-corrected chi connectivity index (χ4v) is 1.96. The Labute approximate surface area is 92.1 Å². The molecular formula is C14H20O. The molecule has 1 nitrogen and oxygen atoms in total. The number of hydrogen-bond donors (Lipinski definition) is 1. The number of aliphatic hydroxyl groups is 1. The van der Waals surface area contributed by atoms with Crippen molar-refractivity contribution < 1.29 is 5.11 Å². The van der Waals surface area contributed by atoms with Gasteiger partial charge in [-0.3, -0.25) is 0 Å². The van der Waals surface area contributed by atoms with Crippen molar-refractivity contribution in [1.82, 2.24) is 0 Å². The Morgan fingerprint density at radius 3 is 2.53 bits per heavy atom. The van der Waals surface area contributed by atoms with Gasteiger partial charge in [-0.25, -0.2) is 0 Å². The zero-order valence-electron chi connectivity index (χ0n) is 9.23. The number of benzene rings is 1. The summed E-state index contributed by atoms with van der Waals surface area (Å²) in [6.07, 6.45) is 6.85. The first kappa shape index (κ1) is 10.7. The van der Waals surface area contributed by atoms with E-state index in [2.05, 4.69) is 24.3 Å². The van der Waals surface area contributed by atoms with Crippen LogP contribution in [0.15, 0.2) is 30.3 Å². The van der Waals surface area contributed by atoms with Crippen LogP contribution in [-0.2, 0) is 6.42 Å². The van der Waals surface area contributed by atoms with E-state index in [4.69, 9.17) is 0 Å². The molecular weight excluding hydrogens is 184 g/mol. The molecule has 1 aromatic carbocycles. The number of hydrogen-bond acceptors (Lipinski definition) is 1. The molecule has 1 aliphatic carbocycles. The highest BCUT2D eigenvalue weighted by Crippen LogP contribution is 2.34. The highest BCUT2D eigenvalue weighted by atomic mass is 16.3. The number of rotatable bonds is 6. The maximum absolute atomic E-state index is 9.79. The maximum atomic E-state index is 9.79. The summed E-state index contributed by atoms with van der Waals surface area (Å²) in [5, 5.41) is 9.79. The van der Waals surface area contributed by atoms with E-state index in [0.29, 0.717) is 0 Å². The first-order valence-electron chi connectivity index (χ1n) is 6.06. The smallest absolute Gasteiger partial charge is 0.0543 e. The summed E-state index contributed by atoms with van der Waals surface area (Å²) in [5.74, 6) is 0.941. The maximum Gasteiger partial charge on any atom is 0.0543 e. The Bertz CT molecular complexity index is 277. The van der Waals surface area contributed by atoms with Gasteiger partial charge in [0.25, 0.3) is 0 Å². The van der Waals surface area contributed by atoms with Crippen LogP contribution in [0.3, 0.4) is 0 Å². The minimum atomic E-state index is -0.0918. The highest BCUT2D eigenvalue weighted by Gasteiger charge is 2.21. The van der Waals surface area contributed by atoms with E-state index in [1.807, 2.05) is 6.07 Å². The van der Waals surface area contributed by atoms with Gasteiger partial charge in [-0.05, 0) is 37.2 Å². The van der Waals surface area contributed by atoms with Crippen LogP contribution in [-0.4, -0.2) is 11.2 Å². The standard InChI is InChI=1S/C14H20O/c15-14(11-9-13-6-7-13)10-8-12-4-2-1-3-5-12/h1-5,13-15H,6-11H2. The average Bonchev–Trinajstić information content (AvgIpc) is 3.09. The summed E-state index contributed by atoms with van der Waals surface area (Å²) in [6, 6.07) is 10.4. The van der Waals surface area contributed by atoms with Gasteiger partial charge < -0.3 is 5.11 Å². The molecule has 0 spiro atoms. The van der Waals surface area contributed by atoms with Gasteiger partial charge in [-0.15, -0.1) is 0 Å². The first-order valence-corrected chi connectivity index (χ1v) is 6.06. The molecule has 2 rings (SSSR count). The lowest BCUT2D eigenvalue weighted by molar-refractivity contribution is 0.150. The van der Waals surface area contributed by atoms with Crippen LogP contribution in [0.4, 0.5) is 0 Å². The van der Waals surface area contributed by atoms with E-state index in [9.17, 15) is 5.11 Å². The van der Waals surface area contributed by atoms with Crippen LogP contribution in [0.2, 0.25) is 0 Å². The third-order valence-corrected chi connectivity index (χ3v) is 3.21. The average molecular weight is 204 g/mol. The van der Waals surface area contributed by atoms with E-state index in [-0.39, 0.29) is 6.10 Å². The molecule has 0 aromatic heterocycles. The van der Waals surface area contributed by atoms with E-state index < -0.39 is 0 Å². The predicted octanol–water partition coefficient (Wildman–Crippen LogP) is 3.17. The first-order chi connectivity index (χ1) is 7.34. The van der Waals surface area contributed by atoms with Crippen molar-refractivity contribution in [3.8, 4) is 0 Å². The minimum absolute atomic E-state index is 0.0918.